The molecule has 0 unspecified atom stereocenters. The Bertz CT molecular complexity index is 1250. The number of aliphatic carboxylic acids is 1. The summed E-state index contributed by atoms with van der Waals surface area (Å²) in [6.45, 7) is 4.38. The number of carboxylic acids is 1. The maximum atomic E-state index is 10.7. The Labute approximate surface area is 211 Å². The second-order valence-corrected chi connectivity index (χ2v) is 9.91. The number of carbonyl (C=O) groups is 1. The largest absolute Gasteiger partial charge is 0.481 e. The van der Waals surface area contributed by atoms with Gasteiger partial charge >= 0.3 is 5.97 Å². The molecule has 6 heteroatoms. The van der Waals surface area contributed by atoms with Crippen molar-refractivity contribution in [1.82, 2.24) is 14.5 Å². The fourth-order valence-corrected chi connectivity index (χ4v) is 4.88. The Morgan fingerprint density at radius 2 is 1.60 bits per heavy atom. The highest BCUT2D eigenvalue weighted by molar-refractivity contribution is 7.99. The molecule has 0 spiro atoms. The van der Waals surface area contributed by atoms with Gasteiger partial charge in [-0.1, -0.05) is 60.7 Å². The van der Waals surface area contributed by atoms with Crippen molar-refractivity contribution in [3.8, 4) is 33.8 Å². The summed E-state index contributed by atoms with van der Waals surface area (Å²) in [5.74, 6) is 0.296. The van der Waals surface area contributed by atoms with Gasteiger partial charge in [0.25, 0.3) is 0 Å². The highest BCUT2D eigenvalue weighted by atomic mass is 32.2. The van der Waals surface area contributed by atoms with Gasteiger partial charge in [-0.05, 0) is 44.9 Å². The number of carboxylic acid groups (broad SMARTS) is 1. The molecule has 0 atom stereocenters. The molecule has 5 nitrogen and oxygen atoms in total. The Hall–Kier alpha value is -3.38. The van der Waals surface area contributed by atoms with Crippen LogP contribution in [0.2, 0.25) is 0 Å². The van der Waals surface area contributed by atoms with Crippen LogP contribution in [0.3, 0.4) is 0 Å². The van der Waals surface area contributed by atoms with Gasteiger partial charge in [-0.15, -0.1) is 0 Å². The number of unbranched alkanes of at least 4 members (excludes halogenated alkanes) is 1. The van der Waals surface area contributed by atoms with Gasteiger partial charge in [0.1, 0.15) is 0 Å². The second-order valence-electron chi connectivity index (χ2n) is 8.81. The molecule has 0 aliphatic rings. The fourth-order valence-electron chi connectivity index (χ4n) is 4.15. The van der Waals surface area contributed by atoms with Gasteiger partial charge in [0.15, 0.2) is 0 Å². The van der Waals surface area contributed by atoms with Gasteiger partial charge in [0, 0.05) is 34.6 Å². The van der Waals surface area contributed by atoms with E-state index in [1.807, 2.05) is 42.6 Å². The molecule has 2 heterocycles. The monoisotopic (exact) mass is 485 g/mol. The van der Waals surface area contributed by atoms with Crippen LogP contribution >= 0.6 is 11.8 Å². The second kappa shape index (κ2) is 11.8. The smallest absolute Gasteiger partial charge is 0.313 e. The van der Waals surface area contributed by atoms with Crippen molar-refractivity contribution in [3.63, 3.8) is 0 Å². The first-order valence-corrected chi connectivity index (χ1v) is 13.2. The maximum Gasteiger partial charge on any atom is 0.313 e. The van der Waals surface area contributed by atoms with E-state index in [1.54, 1.807) is 0 Å². The molecule has 35 heavy (non-hydrogen) atoms. The fraction of sp³-hybridized carbons (Fsp3) is 0.276. The number of hydrogen-bond acceptors (Lipinski definition) is 4. The number of hydrogen-bond donors (Lipinski definition) is 1. The molecule has 4 aromatic rings. The number of aryl methyl sites for hydroxylation is 1. The number of aromatic nitrogens is 3. The molecule has 0 fully saturated rings. The Morgan fingerprint density at radius 3 is 2.23 bits per heavy atom. The summed E-state index contributed by atoms with van der Waals surface area (Å²) in [6.07, 6.45) is 7.03. The van der Waals surface area contributed by atoms with Crippen LogP contribution in [-0.4, -0.2) is 37.1 Å². The third kappa shape index (κ3) is 6.40. The standard InChI is InChI=1S/C29H31N3O2S/c1-21(2)32-19-24(17-25(32)15-9-10-16-35-20-27(33)34)26-18-30-28(22-11-5-3-6-12-22)29(31-26)23-13-7-4-8-14-23/h3-8,11-14,17-19,21H,9-10,15-16,20H2,1-2H3,(H,33,34). The lowest BCUT2D eigenvalue weighted by Gasteiger charge is -2.12. The molecule has 2 aromatic heterocycles. The molecular weight excluding hydrogens is 454 g/mol. The van der Waals surface area contributed by atoms with Crippen LogP contribution in [0.4, 0.5) is 0 Å². The summed E-state index contributed by atoms with van der Waals surface area (Å²) < 4.78 is 2.31. The third-order valence-corrected chi connectivity index (χ3v) is 6.88. The number of nitrogens with zero attached hydrogens (tertiary/aromatic N) is 3. The van der Waals surface area contributed by atoms with Crippen molar-refractivity contribution >= 4 is 17.7 Å². The first-order chi connectivity index (χ1) is 17.0. The molecule has 2 aromatic carbocycles. The van der Waals surface area contributed by atoms with Crippen LogP contribution in [0.25, 0.3) is 33.8 Å². The Balaban J connectivity index is 1.62. The van der Waals surface area contributed by atoms with E-state index < -0.39 is 5.97 Å². The third-order valence-electron chi connectivity index (χ3n) is 5.85. The summed E-state index contributed by atoms with van der Waals surface area (Å²) in [5.41, 5.74) is 7.05. The molecule has 180 valence electrons. The zero-order chi connectivity index (χ0) is 24.6. The van der Waals surface area contributed by atoms with Gasteiger partial charge in [0.05, 0.1) is 29.0 Å². The zero-order valence-corrected chi connectivity index (χ0v) is 21.0. The van der Waals surface area contributed by atoms with Crippen molar-refractivity contribution in [2.45, 2.75) is 39.2 Å². The first-order valence-electron chi connectivity index (χ1n) is 12.0. The van der Waals surface area contributed by atoms with E-state index in [4.69, 9.17) is 15.1 Å². The highest BCUT2D eigenvalue weighted by Crippen LogP contribution is 2.32. The highest BCUT2D eigenvalue weighted by Gasteiger charge is 2.16. The molecule has 0 aliphatic carbocycles. The van der Waals surface area contributed by atoms with E-state index >= 15 is 0 Å². The summed E-state index contributed by atoms with van der Waals surface area (Å²) in [7, 11) is 0. The minimum absolute atomic E-state index is 0.175. The normalized spacial score (nSPS) is 11.2. The Morgan fingerprint density at radius 1 is 0.943 bits per heavy atom. The lowest BCUT2D eigenvalue weighted by molar-refractivity contribution is -0.133. The van der Waals surface area contributed by atoms with Gasteiger partial charge in [-0.2, -0.15) is 11.8 Å². The van der Waals surface area contributed by atoms with Crippen LogP contribution in [-0.2, 0) is 11.2 Å². The van der Waals surface area contributed by atoms with Gasteiger partial charge in [-0.3, -0.25) is 9.78 Å². The molecule has 0 bridgehead atoms. The predicted octanol–water partition coefficient (Wildman–Crippen LogP) is 7.00. The lowest BCUT2D eigenvalue weighted by Crippen LogP contribution is -2.04. The molecular formula is C29H31N3O2S. The van der Waals surface area contributed by atoms with Crippen molar-refractivity contribution < 1.29 is 9.90 Å². The lowest BCUT2D eigenvalue weighted by atomic mass is 10.0. The quantitative estimate of drug-likeness (QED) is 0.232. The average molecular weight is 486 g/mol. The van der Waals surface area contributed by atoms with E-state index in [0.29, 0.717) is 6.04 Å². The van der Waals surface area contributed by atoms with Crippen molar-refractivity contribution in [2.75, 3.05) is 11.5 Å². The zero-order valence-electron chi connectivity index (χ0n) is 20.2. The topological polar surface area (TPSA) is 68.0 Å². The van der Waals surface area contributed by atoms with E-state index in [-0.39, 0.29) is 5.75 Å². The van der Waals surface area contributed by atoms with Crippen LogP contribution in [0.1, 0.15) is 38.4 Å². The SMILES string of the molecule is CC(C)n1cc(-c2cnc(-c3ccccc3)c(-c3ccccc3)n2)cc1CCCCSCC(=O)O. The summed E-state index contributed by atoms with van der Waals surface area (Å²) in [5, 5.41) is 8.80. The van der Waals surface area contributed by atoms with E-state index in [0.717, 1.165) is 58.8 Å². The molecule has 0 aliphatic heterocycles. The summed E-state index contributed by atoms with van der Waals surface area (Å²) >= 11 is 1.48. The molecule has 0 saturated carbocycles. The van der Waals surface area contributed by atoms with Gasteiger partial charge < -0.3 is 9.67 Å². The summed E-state index contributed by atoms with van der Waals surface area (Å²) in [4.78, 5) is 20.7. The number of benzene rings is 2. The van der Waals surface area contributed by atoms with Crippen LogP contribution < -0.4 is 0 Å². The molecule has 0 radical (unpaired) electrons. The minimum Gasteiger partial charge on any atom is -0.481 e. The minimum atomic E-state index is -0.748. The van der Waals surface area contributed by atoms with Crippen LogP contribution in [0.5, 0.6) is 0 Å². The number of thioether (sulfide) groups is 1. The van der Waals surface area contributed by atoms with Crippen molar-refractivity contribution in [2.24, 2.45) is 0 Å². The summed E-state index contributed by atoms with van der Waals surface area (Å²) in [6, 6.07) is 23.0. The van der Waals surface area contributed by atoms with E-state index in [1.165, 1.54) is 17.5 Å². The van der Waals surface area contributed by atoms with Crippen molar-refractivity contribution in [1.29, 1.82) is 0 Å². The molecule has 0 saturated heterocycles. The molecule has 1 N–H and O–H groups in total. The Kier molecular flexibility index (Phi) is 8.37. The number of rotatable bonds is 11. The van der Waals surface area contributed by atoms with Gasteiger partial charge in [0.2, 0.25) is 0 Å². The molecule has 0 amide bonds. The predicted molar refractivity (Wildman–Crippen MR) is 145 cm³/mol. The van der Waals surface area contributed by atoms with E-state index in [9.17, 15) is 4.79 Å². The average Bonchev–Trinajstić information content (AvgIpc) is 3.31. The first kappa shape index (κ1) is 24.7. The van der Waals surface area contributed by atoms with Gasteiger partial charge in [-0.25, -0.2) is 4.98 Å². The molecule has 4 rings (SSSR count). The van der Waals surface area contributed by atoms with Crippen molar-refractivity contribution in [3.05, 3.63) is 84.8 Å². The van der Waals surface area contributed by atoms with Crippen LogP contribution in [0.15, 0.2) is 79.1 Å². The van der Waals surface area contributed by atoms with Crippen LogP contribution in [0, 0.1) is 0 Å². The van der Waals surface area contributed by atoms with E-state index in [2.05, 4.69) is 54.9 Å². The maximum absolute atomic E-state index is 10.7.